The van der Waals surface area contributed by atoms with E-state index in [0.717, 1.165) is 31.3 Å². The van der Waals surface area contributed by atoms with Gasteiger partial charge in [0, 0.05) is 5.41 Å². The molecule has 3 saturated carbocycles. The molecule has 0 saturated heterocycles. The molecule has 12 nitrogen and oxygen atoms in total. The van der Waals surface area contributed by atoms with E-state index in [1.165, 1.54) is 5.57 Å². The molecule has 0 aromatic rings. The van der Waals surface area contributed by atoms with E-state index in [2.05, 4.69) is 44.5 Å². The fourth-order valence-corrected chi connectivity index (χ4v) is 11.0. The predicted molar refractivity (Wildman–Crippen MR) is 157 cm³/mol. The zero-order valence-electron chi connectivity index (χ0n) is 29.2. The largest absolute Gasteiger partial charge is 1.00 e. The number of rotatable bonds is 11. The third kappa shape index (κ3) is 10.2. The molecule has 0 bridgehead atoms. The first-order chi connectivity index (χ1) is 19.9. The number of hydrogen-bond donors (Lipinski definition) is 0. The second-order valence-electron chi connectivity index (χ2n) is 14.6. The van der Waals surface area contributed by atoms with E-state index in [9.17, 15) is 38.9 Å². The van der Waals surface area contributed by atoms with Crippen LogP contribution in [-0.4, -0.2) is 57.2 Å². The fourth-order valence-electron chi connectivity index (χ4n) is 9.47. The summed E-state index contributed by atoms with van der Waals surface area (Å²) in [6.07, 6.45) is 1.39. The van der Waals surface area contributed by atoms with Crippen LogP contribution >= 0.6 is 0 Å². The van der Waals surface area contributed by atoms with Gasteiger partial charge in [0.15, 0.2) is 0 Å². The molecule has 4 aliphatic rings. The first kappa shape index (κ1) is 47.1. The van der Waals surface area contributed by atoms with Gasteiger partial charge in [-0.1, -0.05) is 65.3 Å². The number of fused-ring (bicyclic) bond motifs is 5. The van der Waals surface area contributed by atoms with Crippen molar-refractivity contribution in [3.63, 3.8) is 0 Å². The zero-order valence-corrected chi connectivity index (χ0v) is 37.6. The maximum absolute atomic E-state index is 12.0. The van der Waals surface area contributed by atoms with Crippen LogP contribution in [0.25, 0.3) is 0 Å². The summed E-state index contributed by atoms with van der Waals surface area (Å²) >= 11 is 0. The first-order valence-electron chi connectivity index (χ1n) is 15.2. The Morgan fingerprint density at radius 2 is 1.38 bits per heavy atom. The van der Waals surface area contributed by atoms with Gasteiger partial charge in [-0.05, 0) is 91.8 Å². The quantitative estimate of drug-likeness (QED) is 0.0849. The Balaban J connectivity index is 0.00000368. The van der Waals surface area contributed by atoms with E-state index in [1.807, 2.05) is 0 Å². The van der Waals surface area contributed by atoms with Crippen LogP contribution < -0.4 is 88.7 Å². The minimum atomic E-state index is -5.39. The molecule has 0 amide bonds. The first-order valence-corrected chi connectivity index (χ1v) is 19.2. The third-order valence-electron chi connectivity index (χ3n) is 12.0. The normalized spacial score (nSPS) is 37.5. The predicted octanol–water partition coefficient (Wildman–Crippen LogP) is -4.65. The van der Waals surface area contributed by atoms with Crippen molar-refractivity contribution in [2.24, 2.45) is 45.8 Å². The molecular weight excluding hydrogens is 705 g/mol. The Morgan fingerprint density at radius 1 is 0.872 bits per heavy atom. The van der Waals surface area contributed by atoms with E-state index in [1.54, 1.807) is 13.8 Å². The molecule has 0 radical (unpaired) electrons. The maximum Gasteiger partial charge on any atom is 1.00 e. The minimum absolute atomic E-state index is 0. The average Bonchev–Trinajstić information content (AvgIpc) is 3.19. The zero-order chi connectivity index (χ0) is 33.3. The summed E-state index contributed by atoms with van der Waals surface area (Å²) in [4.78, 5) is 0. The molecule has 0 spiro atoms. The number of hydrogen-bond acceptors (Lipinski definition) is 12. The molecular formula is C29H45Na3O12S3. The van der Waals surface area contributed by atoms with Gasteiger partial charge < -0.3 is 13.7 Å². The second kappa shape index (κ2) is 16.6. The maximum atomic E-state index is 12.0. The summed E-state index contributed by atoms with van der Waals surface area (Å²) < 4.78 is 121. The van der Waals surface area contributed by atoms with Gasteiger partial charge in [0.05, 0.1) is 6.10 Å². The van der Waals surface area contributed by atoms with Gasteiger partial charge in [0.25, 0.3) is 0 Å². The second-order valence-corrected chi connectivity index (χ2v) is 17.6. The summed E-state index contributed by atoms with van der Waals surface area (Å²) in [6, 6.07) is 0. The molecule has 18 heteroatoms. The minimum Gasteiger partial charge on any atom is -0.726 e. The van der Waals surface area contributed by atoms with Crippen molar-refractivity contribution in [2.45, 2.75) is 111 Å². The van der Waals surface area contributed by atoms with Gasteiger partial charge in [-0.3, -0.25) is 12.5 Å². The fraction of sp³-hybridized carbons (Fsp3) is 0.862. The summed E-state index contributed by atoms with van der Waals surface area (Å²) in [5, 5.41) is 0. The van der Waals surface area contributed by atoms with Crippen molar-refractivity contribution < 1.29 is 140 Å². The van der Waals surface area contributed by atoms with E-state index >= 15 is 0 Å². The third-order valence-corrected chi connectivity index (χ3v) is 13.4. The molecule has 0 aliphatic heterocycles. The SMILES string of the molecule is C=C(CC[C@@H](C)[C@H]1CCC2C3CC(OS(=O)(=O)[O-])[C@@]4(C)CC(OS(=O)(=O)[O-])C(OS(=O)(=O)[O-])C[C@]4(C)C3=CC[C@@]21C)C(C)C.[Na+].[Na+].[Na+]. The summed E-state index contributed by atoms with van der Waals surface area (Å²) in [5.74, 6) is 1.05. The molecule has 4 rings (SSSR count). The Hall–Kier alpha value is 2.09. The standard InChI is InChI=1S/C29H48O12S3.3Na/c1-17(2)18(3)8-9-19(4)21-10-11-22-20-14-26(41-44(36,37)38)29(7)16-25(40-43(33,34)35)24(39-42(30,31)32)15-28(29,6)23(20)12-13-27(21,22)5;;;/h12,17,19-22,24-26H,3,8-11,13-16H2,1-2,4-7H3,(H,30,31,32)(H,33,34,35)(H,36,37,38);;;/q;3*+1/p-3/t19-,20?,21-,22?,24?,25?,26?,27-,28-,29-;;;/m1.../s1. The molecule has 0 heterocycles. The van der Waals surface area contributed by atoms with E-state index in [-0.39, 0.29) is 119 Å². The topological polar surface area (TPSA) is 199 Å². The molecule has 254 valence electrons. The molecule has 10 atom stereocenters. The van der Waals surface area contributed by atoms with Gasteiger partial charge in [-0.15, -0.1) is 0 Å². The number of allylic oxidation sites excluding steroid dienone is 3. The van der Waals surface area contributed by atoms with Crippen LogP contribution in [0.4, 0.5) is 0 Å². The van der Waals surface area contributed by atoms with Crippen molar-refractivity contribution >= 4 is 31.2 Å². The van der Waals surface area contributed by atoms with Gasteiger partial charge in [0.2, 0.25) is 31.2 Å². The van der Waals surface area contributed by atoms with Crippen molar-refractivity contribution in [1.29, 1.82) is 0 Å². The average molecular weight is 751 g/mol. The summed E-state index contributed by atoms with van der Waals surface area (Å²) in [7, 11) is -16.0. The van der Waals surface area contributed by atoms with Crippen LogP contribution in [0.3, 0.4) is 0 Å². The van der Waals surface area contributed by atoms with Crippen LogP contribution in [0, 0.1) is 45.8 Å². The Bertz CT molecular complexity index is 1500. The molecule has 0 aromatic carbocycles. The molecule has 5 unspecified atom stereocenters. The van der Waals surface area contributed by atoms with Crippen molar-refractivity contribution in [2.75, 3.05) is 0 Å². The van der Waals surface area contributed by atoms with Crippen LogP contribution in [-0.2, 0) is 43.7 Å². The van der Waals surface area contributed by atoms with Gasteiger partial charge in [0.1, 0.15) is 12.2 Å². The van der Waals surface area contributed by atoms with Crippen molar-refractivity contribution in [3.8, 4) is 0 Å². The van der Waals surface area contributed by atoms with E-state index in [4.69, 9.17) is 8.37 Å². The van der Waals surface area contributed by atoms with E-state index < -0.39 is 66.8 Å². The molecule has 4 aliphatic carbocycles. The van der Waals surface area contributed by atoms with Crippen molar-refractivity contribution in [1.82, 2.24) is 0 Å². The van der Waals surface area contributed by atoms with E-state index in [0.29, 0.717) is 24.2 Å². The Morgan fingerprint density at radius 3 is 1.87 bits per heavy atom. The molecule has 3 fully saturated rings. The smallest absolute Gasteiger partial charge is 0.726 e. The van der Waals surface area contributed by atoms with Crippen molar-refractivity contribution in [3.05, 3.63) is 23.8 Å². The van der Waals surface area contributed by atoms with Gasteiger partial charge >= 0.3 is 88.7 Å². The van der Waals surface area contributed by atoms with Crippen LogP contribution in [0.15, 0.2) is 23.8 Å². The summed E-state index contributed by atoms with van der Waals surface area (Å²) in [6.45, 7) is 16.4. The Labute approximate surface area is 348 Å². The van der Waals surface area contributed by atoms with Gasteiger partial charge in [-0.2, -0.15) is 0 Å². The molecule has 0 aromatic heterocycles. The van der Waals surface area contributed by atoms with Crippen LogP contribution in [0.2, 0.25) is 0 Å². The van der Waals surface area contributed by atoms with Crippen LogP contribution in [0.5, 0.6) is 0 Å². The molecule has 47 heavy (non-hydrogen) atoms. The molecule has 0 N–H and O–H groups in total. The monoisotopic (exact) mass is 750 g/mol. The Kier molecular flexibility index (Phi) is 16.7. The summed E-state index contributed by atoms with van der Waals surface area (Å²) in [5.41, 5.74) is -0.435. The van der Waals surface area contributed by atoms with Crippen LogP contribution in [0.1, 0.15) is 92.9 Å². The van der Waals surface area contributed by atoms with Gasteiger partial charge in [-0.25, -0.2) is 25.3 Å².